The summed E-state index contributed by atoms with van der Waals surface area (Å²) in [6.07, 6.45) is 4.11. The zero-order chi connectivity index (χ0) is 12.8. The summed E-state index contributed by atoms with van der Waals surface area (Å²) < 4.78 is 0.891. The number of aromatic nitrogens is 2. The van der Waals surface area contributed by atoms with Crippen molar-refractivity contribution in [1.29, 1.82) is 0 Å². The Kier molecular flexibility index (Phi) is 2.53. The third kappa shape index (κ3) is 1.91. The molecule has 0 bridgehead atoms. The average Bonchev–Trinajstić information content (AvgIpc) is 3.06. The standard InChI is InChI=1S/C14H12ClN3S/c15-14-6-10-12(3-4-13(10)19-14)17-9-1-2-11-8(5-9)7-16-18-11/h1-2,5-7,12,17H,3-4H2,(H,16,18). The SMILES string of the molecule is Clc1cc2c(s1)CCC2Nc1ccc2[nH]ncc2c1. The summed E-state index contributed by atoms with van der Waals surface area (Å²) in [6.45, 7) is 0. The maximum Gasteiger partial charge on any atom is 0.0934 e. The fourth-order valence-electron chi connectivity index (χ4n) is 2.71. The molecule has 0 saturated carbocycles. The lowest BCUT2D eigenvalue weighted by Crippen LogP contribution is -2.06. The van der Waals surface area contributed by atoms with Crippen LogP contribution in [-0.2, 0) is 6.42 Å². The van der Waals surface area contributed by atoms with E-state index in [1.165, 1.54) is 10.4 Å². The second-order valence-electron chi connectivity index (χ2n) is 4.84. The molecular weight excluding hydrogens is 278 g/mol. The van der Waals surface area contributed by atoms with Crippen molar-refractivity contribution < 1.29 is 0 Å². The van der Waals surface area contributed by atoms with Gasteiger partial charge in [0.1, 0.15) is 0 Å². The van der Waals surface area contributed by atoms with Gasteiger partial charge in [0.25, 0.3) is 0 Å². The van der Waals surface area contributed by atoms with E-state index in [-0.39, 0.29) is 0 Å². The Labute approximate surface area is 119 Å². The molecule has 1 atom stereocenters. The van der Waals surface area contributed by atoms with E-state index in [2.05, 4.69) is 39.8 Å². The van der Waals surface area contributed by atoms with Gasteiger partial charge >= 0.3 is 0 Å². The quantitative estimate of drug-likeness (QED) is 0.735. The van der Waals surface area contributed by atoms with Gasteiger partial charge in [0.2, 0.25) is 0 Å². The topological polar surface area (TPSA) is 40.7 Å². The Morgan fingerprint density at radius 1 is 1.37 bits per heavy atom. The molecular formula is C14H12ClN3S. The zero-order valence-electron chi connectivity index (χ0n) is 10.1. The monoisotopic (exact) mass is 289 g/mol. The summed E-state index contributed by atoms with van der Waals surface area (Å²) in [5.41, 5.74) is 3.56. The van der Waals surface area contributed by atoms with Gasteiger partial charge in [-0.3, -0.25) is 5.10 Å². The number of H-pyrrole nitrogens is 1. The van der Waals surface area contributed by atoms with E-state index in [0.29, 0.717) is 6.04 Å². The number of aryl methyl sites for hydroxylation is 1. The highest BCUT2D eigenvalue weighted by molar-refractivity contribution is 7.16. The van der Waals surface area contributed by atoms with Crippen molar-refractivity contribution in [3.63, 3.8) is 0 Å². The van der Waals surface area contributed by atoms with Crippen molar-refractivity contribution >= 4 is 39.5 Å². The first kappa shape index (κ1) is 11.3. The third-order valence-electron chi connectivity index (χ3n) is 3.63. The van der Waals surface area contributed by atoms with E-state index in [4.69, 9.17) is 11.6 Å². The number of nitrogens with one attached hydrogen (secondary N) is 2. The lowest BCUT2D eigenvalue weighted by molar-refractivity contribution is 0.762. The highest BCUT2D eigenvalue weighted by atomic mass is 35.5. The van der Waals surface area contributed by atoms with Crippen LogP contribution in [0.15, 0.2) is 30.5 Å². The number of nitrogens with zero attached hydrogens (tertiary/aromatic N) is 1. The van der Waals surface area contributed by atoms with Crippen LogP contribution >= 0.6 is 22.9 Å². The number of benzene rings is 1. The molecule has 4 rings (SSSR count). The molecule has 2 N–H and O–H groups in total. The van der Waals surface area contributed by atoms with Crippen LogP contribution in [0.5, 0.6) is 0 Å². The maximum atomic E-state index is 6.09. The summed E-state index contributed by atoms with van der Waals surface area (Å²) in [5, 5.41) is 11.7. The molecule has 19 heavy (non-hydrogen) atoms. The molecule has 1 unspecified atom stereocenters. The Bertz CT molecular complexity index is 746. The molecule has 1 aliphatic carbocycles. The van der Waals surface area contributed by atoms with E-state index >= 15 is 0 Å². The fourth-order valence-corrected chi connectivity index (χ4v) is 4.07. The van der Waals surface area contributed by atoms with Gasteiger partial charge in [0.05, 0.1) is 22.1 Å². The molecule has 0 amide bonds. The van der Waals surface area contributed by atoms with Gasteiger partial charge in [-0.15, -0.1) is 11.3 Å². The molecule has 0 spiro atoms. The molecule has 0 saturated heterocycles. The van der Waals surface area contributed by atoms with Crippen molar-refractivity contribution in [2.24, 2.45) is 0 Å². The number of halogens is 1. The van der Waals surface area contributed by atoms with E-state index in [0.717, 1.165) is 33.8 Å². The van der Waals surface area contributed by atoms with Crippen molar-refractivity contribution in [1.82, 2.24) is 10.2 Å². The van der Waals surface area contributed by atoms with Gasteiger partial charge in [-0.05, 0) is 42.7 Å². The second-order valence-corrected chi connectivity index (χ2v) is 6.60. The highest BCUT2D eigenvalue weighted by Gasteiger charge is 2.24. The third-order valence-corrected chi connectivity index (χ3v) is 4.97. The molecule has 2 aromatic heterocycles. The van der Waals surface area contributed by atoms with Gasteiger partial charge in [0.15, 0.2) is 0 Å². The molecule has 1 aliphatic rings. The number of anilines is 1. The van der Waals surface area contributed by atoms with Crippen LogP contribution in [0.25, 0.3) is 10.9 Å². The molecule has 3 nitrogen and oxygen atoms in total. The highest BCUT2D eigenvalue weighted by Crippen LogP contribution is 2.41. The molecule has 5 heteroatoms. The minimum absolute atomic E-state index is 0.378. The molecule has 3 aromatic rings. The number of aromatic amines is 1. The summed E-state index contributed by atoms with van der Waals surface area (Å²) in [6, 6.07) is 8.75. The molecule has 0 radical (unpaired) electrons. The predicted octanol–water partition coefficient (Wildman–Crippen LogP) is 4.38. The van der Waals surface area contributed by atoms with E-state index < -0.39 is 0 Å². The van der Waals surface area contributed by atoms with Crippen LogP contribution in [0, 0.1) is 0 Å². The van der Waals surface area contributed by atoms with E-state index in [1.807, 2.05) is 6.20 Å². The van der Waals surface area contributed by atoms with Gasteiger partial charge < -0.3 is 5.32 Å². The van der Waals surface area contributed by atoms with Crippen LogP contribution in [0.4, 0.5) is 5.69 Å². The number of hydrogen-bond donors (Lipinski definition) is 2. The van der Waals surface area contributed by atoms with Crippen molar-refractivity contribution in [2.45, 2.75) is 18.9 Å². The van der Waals surface area contributed by atoms with Gasteiger partial charge in [-0.1, -0.05) is 11.6 Å². The largest absolute Gasteiger partial charge is 0.378 e. The lowest BCUT2D eigenvalue weighted by atomic mass is 10.1. The van der Waals surface area contributed by atoms with Crippen LogP contribution in [-0.4, -0.2) is 10.2 Å². The molecule has 1 aromatic carbocycles. The smallest absolute Gasteiger partial charge is 0.0934 e. The summed E-state index contributed by atoms with van der Waals surface area (Å²) in [7, 11) is 0. The molecule has 2 heterocycles. The summed E-state index contributed by atoms with van der Waals surface area (Å²) in [4.78, 5) is 1.42. The molecule has 96 valence electrons. The van der Waals surface area contributed by atoms with Gasteiger partial charge in [-0.2, -0.15) is 5.10 Å². The Balaban J connectivity index is 1.64. The number of thiophene rings is 1. The van der Waals surface area contributed by atoms with E-state index in [9.17, 15) is 0 Å². The van der Waals surface area contributed by atoms with Crippen molar-refractivity contribution in [2.75, 3.05) is 5.32 Å². The van der Waals surface area contributed by atoms with Crippen LogP contribution in [0.2, 0.25) is 4.34 Å². The zero-order valence-corrected chi connectivity index (χ0v) is 11.7. The Morgan fingerprint density at radius 3 is 3.26 bits per heavy atom. The average molecular weight is 290 g/mol. The minimum atomic E-state index is 0.378. The minimum Gasteiger partial charge on any atom is -0.378 e. The van der Waals surface area contributed by atoms with E-state index in [1.54, 1.807) is 11.3 Å². The predicted molar refractivity (Wildman–Crippen MR) is 80.1 cm³/mol. The van der Waals surface area contributed by atoms with Crippen LogP contribution < -0.4 is 5.32 Å². The van der Waals surface area contributed by atoms with Crippen LogP contribution in [0.3, 0.4) is 0 Å². The molecule has 0 aliphatic heterocycles. The Morgan fingerprint density at radius 2 is 2.32 bits per heavy atom. The first-order chi connectivity index (χ1) is 9.29. The van der Waals surface area contributed by atoms with Gasteiger partial charge in [-0.25, -0.2) is 0 Å². The Hall–Kier alpha value is -1.52. The van der Waals surface area contributed by atoms with Crippen molar-refractivity contribution in [3.8, 4) is 0 Å². The number of rotatable bonds is 2. The lowest BCUT2D eigenvalue weighted by Gasteiger charge is -2.14. The fraction of sp³-hybridized carbons (Fsp3) is 0.214. The van der Waals surface area contributed by atoms with Gasteiger partial charge in [0, 0.05) is 16.0 Å². The number of fused-ring (bicyclic) bond motifs is 2. The maximum absolute atomic E-state index is 6.09. The summed E-state index contributed by atoms with van der Waals surface area (Å²) in [5.74, 6) is 0. The normalized spacial score (nSPS) is 17.8. The second kappa shape index (κ2) is 4.25. The first-order valence-electron chi connectivity index (χ1n) is 6.27. The molecule has 0 fully saturated rings. The summed E-state index contributed by atoms with van der Waals surface area (Å²) >= 11 is 7.79. The van der Waals surface area contributed by atoms with Crippen molar-refractivity contribution in [3.05, 3.63) is 45.2 Å². The first-order valence-corrected chi connectivity index (χ1v) is 7.47. The van der Waals surface area contributed by atoms with Crippen LogP contribution in [0.1, 0.15) is 22.9 Å². The number of hydrogen-bond acceptors (Lipinski definition) is 3.